The average Bonchev–Trinajstić information content (AvgIpc) is 2.74. The maximum Gasteiger partial charge on any atom is 0.338 e. The standard InChI is InChI=1S/C25H25BrN2O4/c1-5-30-25(29)22-16(4)32-24(28)19(12-27)23(22)18-11-17(14(2)10-15(18)3)13-31-21-9-7-6-8-20(21)26/h6-11,23H,5,13,28H2,1-4H3/t23-/m0/s1. The number of nitriles is 1. The molecule has 2 aromatic rings. The summed E-state index contributed by atoms with van der Waals surface area (Å²) in [6.07, 6.45) is 0. The van der Waals surface area contributed by atoms with Crippen LogP contribution in [0.15, 0.2) is 63.7 Å². The molecule has 166 valence electrons. The van der Waals surface area contributed by atoms with Crippen LogP contribution in [0.3, 0.4) is 0 Å². The maximum absolute atomic E-state index is 12.8. The highest BCUT2D eigenvalue weighted by Crippen LogP contribution is 2.41. The van der Waals surface area contributed by atoms with Gasteiger partial charge in [-0.1, -0.05) is 24.3 Å². The molecule has 0 fully saturated rings. The molecule has 2 aromatic carbocycles. The van der Waals surface area contributed by atoms with Gasteiger partial charge in [0.1, 0.15) is 29.8 Å². The fourth-order valence-corrected chi connectivity index (χ4v) is 4.17. The summed E-state index contributed by atoms with van der Waals surface area (Å²) >= 11 is 3.49. The molecule has 0 unspecified atom stereocenters. The first kappa shape index (κ1) is 23.4. The molecule has 0 saturated carbocycles. The van der Waals surface area contributed by atoms with E-state index in [1.165, 1.54) is 0 Å². The van der Waals surface area contributed by atoms with Crippen LogP contribution in [0, 0.1) is 25.2 Å². The van der Waals surface area contributed by atoms with E-state index in [1.807, 2.05) is 50.2 Å². The topological polar surface area (TPSA) is 94.6 Å². The molecule has 1 aliphatic heterocycles. The predicted octanol–water partition coefficient (Wildman–Crippen LogP) is 5.29. The minimum absolute atomic E-state index is 0.00552. The van der Waals surface area contributed by atoms with E-state index in [-0.39, 0.29) is 23.6 Å². The Morgan fingerprint density at radius 1 is 1.22 bits per heavy atom. The molecule has 32 heavy (non-hydrogen) atoms. The first-order valence-corrected chi connectivity index (χ1v) is 11.0. The molecule has 6 nitrogen and oxygen atoms in total. The number of aryl methyl sites for hydroxylation is 2. The molecule has 7 heteroatoms. The van der Waals surface area contributed by atoms with E-state index in [0.29, 0.717) is 12.4 Å². The summed E-state index contributed by atoms with van der Waals surface area (Å²) < 4.78 is 17.7. The monoisotopic (exact) mass is 496 g/mol. The number of nitrogens with zero attached hydrogens (tertiary/aromatic N) is 1. The van der Waals surface area contributed by atoms with Gasteiger partial charge in [-0.2, -0.15) is 5.26 Å². The summed E-state index contributed by atoms with van der Waals surface area (Å²) in [7, 11) is 0. The van der Waals surface area contributed by atoms with Gasteiger partial charge in [0.05, 0.1) is 22.6 Å². The van der Waals surface area contributed by atoms with Gasteiger partial charge in [0.25, 0.3) is 0 Å². The Morgan fingerprint density at radius 2 is 1.94 bits per heavy atom. The zero-order valence-corrected chi connectivity index (χ0v) is 20.1. The predicted molar refractivity (Wildman–Crippen MR) is 124 cm³/mol. The first-order chi connectivity index (χ1) is 15.3. The van der Waals surface area contributed by atoms with Gasteiger partial charge in [-0.25, -0.2) is 4.79 Å². The Morgan fingerprint density at radius 3 is 2.59 bits per heavy atom. The SMILES string of the molecule is CCOC(=O)C1=C(C)OC(N)=C(C#N)[C@@H]1c1cc(COc2ccccc2Br)c(C)cc1C. The molecule has 0 radical (unpaired) electrons. The van der Waals surface area contributed by atoms with Crippen molar-refractivity contribution in [1.82, 2.24) is 0 Å². The number of allylic oxidation sites excluding steroid dienone is 2. The van der Waals surface area contributed by atoms with E-state index < -0.39 is 11.9 Å². The van der Waals surface area contributed by atoms with Crippen molar-refractivity contribution in [3.05, 3.63) is 85.9 Å². The third-order valence-electron chi connectivity index (χ3n) is 5.36. The van der Waals surface area contributed by atoms with Crippen LogP contribution in [0.5, 0.6) is 5.75 Å². The highest BCUT2D eigenvalue weighted by atomic mass is 79.9. The summed E-state index contributed by atoms with van der Waals surface area (Å²) in [5, 5.41) is 9.83. The van der Waals surface area contributed by atoms with Crippen LogP contribution in [0.4, 0.5) is 0 Å². The number of para-hydroxylation sites is 1. The lowest BCUT2D eigenvalue weighted by Crippen LogP contribution is -2.26. The molecule has 0 saturated heterocycles. The molecule has 1 aliphatic rings. The number of carbonyl (C=O) groups excluding carboxylic acids is 1. The van der Waals surface area contributed by atoms with Gasteiger partial charge < -0.3 is 19.9 Å². The van der Waals surface area contributed by atoms with Crippen LogP contribution in [-0.4, -0.2) is 12.6 Å². The molecule has 0 spiro atoms. The van der Waals surface area contributed by atoms with Crippen molar-refractivity contribution in [3.63, 3.8) is 0 Å². The number of carbonyl (C=O) groups is 1. The average molecular weight is 497 g/mol. The molecule has 3 rings (SSSR count). The Labute approximate surface area is 196 Å². The van der Waals surface area contributed by atoms with E-state index in [9.17, 15) is 10.1 Å². The second kappa shape index (κ2) is 9.92. The fourth-order valence-electron chi connectivity index (χ4n) is 3.77. The van der Waals surface area contributed by atoms with Crippen molar-refractivity contribution >= 4 is 21.9 Å². The van der Waals surface area contributed by atoms with Crippen LogP contribution in [0.2, 0.25) is 0 Å². The summed E-state index contributed by atoms with van der Waals surface area (Å²) in [5.74, 6) is -0.160. The quantitative estimate of drug-likeness (QED) is 0.545. The Balaban J connectivity index is 2.08. The number of halogens is 1. The van der Waals surface area contributed by atoms with Crippen molar-refractivity contribution in [2.24, 2.45) is 5.73 Å². The van der Waals surface area contributed by atoms with E-state index in [1.54, 1.807) is 13.8 Å². The molecule has 0 aromatic heterocycles. The summed E-state index contributed by atoms with van der Waals surface area (Å²) in [6, 6.07) is 13.7. The normalized spacial score (nSPS) is 15.8. The first-order valence-electron chi connectivity index (χ1n) is 10.2. The number of hydrogen-bond donors (Lipinski definition) is 1. The largest absolute Gasteiger partial charge is 0.488 e. The van der Waals surface area contributed by atoms with Crippen LogP contribution in [0.25, 0.3) is 0 Å². The number of ether oxygens (including phenoxy) is 3. The second-order valence-electron chi connectivity index (χ2n) is 7.47. The lowest BCUT2D eigenvalue weighted by atomic mass is 9.80. The molecular weight excluding hydrogens is 472 g/mol. The van der Waals surface area contributed by atoms with Gasteiger partial charge in [-0.15, -0.1) is 0 Å². The second-order valence-corrected chi connectivity index (χ2v) is 8.32. The van der Waals surface area contributed by atoms with Crippen LogP contribution in [0.1, 0.15) is 42.0 Å². The smallest absolute Gasteiger partial charge is 0.338 e. The molecular formula is C25H25BrN2O4. The summed E-state index contributed by atoms with van der Waals surface area (Å²) in [4.78, 5) is 12.8. The van der Waals surface area contributed by atoms with Gasteiger partial charge >= 0.3 is 5.97 Å². The lowest BCUT2D eigenvalue weighted by Gasteiger charge is -2.28. The Bertz CT molecular complexity index is 1160. The minimum Gasteiger partial charge on any atom is -0.488 e. The Kier molecular flexibility index (Phi) is 7.26. The summed E-state index contributed by atoms with van der Waals surface area (Å²) in [5.41, 5.74) is 10.2. The van der Waals surface area contributed by atoms with Crippen LogP contribution >= 0.6 is 15.9 Å². The molecule has 0 bridgehead atoms. The number of esters is 1. The van der Waals surface area contributed by atoms with E-state index in [4.69, 9.17) is 19.9 Å². The molecule has 2 N–H and O–H groups in total. The lowest BCUT2D eigenvalue weighted by molar-refractivity contribution is -0.139. The van der Waals surface area contributed by atoms with Crippen molar-refractivity contribution in [1.29, 1.82) is 5.26 Å². The van der Waals surface area contributed by atoms with Crippen molar-refractivity contribution in [2.75, 3.05) is 6.61 Å². The van der Waals surface area contributed by atoms with Gasteiger partial charge in [0.15, 0.2) is 0 Å². The molecule has 1 heterocycles. The number of nitrogens with two attached hydrogens (primary N) is 1. The van der Waals surface area contributed by atoms with Gasteiger partial charge in [-0.05, 0) is 78.0 Å². The van der Waals surface area contributed by atoms with Gasteiger partial charge in [0, 0.05) is 0 Å². The summed E-state index contributed by atoms with van der Waals surface area (Å²) in [6.45, 7) is 7.86. The highest BCUT2D eigenvalue weighted by Gasteiger charge is 2.37. The number of hydrogen-bond acceptors (Lipinski definition) is 6. The van der Waals surface area contributed by atoms with Crippen molar-refractivity contribution in [2.45, 2.75) is 40.2 Å². The zero-order chi connectivity index (χ0) is 23.4. The van der Waals surface area contributed by atoms with Crippen LogP contribution < -0.4 is 10.5 Å². The minimum atomic E-state index is -0.685. The zero-order valence-electron chi connectivity index (χ0n) is 18.5. The van der Waals surface area contributed by atoms with E-state index in [0.717, 1.165) is 32.5 Å². The third-order valence-corrected chi connectivity index (χ3v) is 6.01. The van der Waals surface area contributed by atoms with Gasteiger partial charge in [0.2, 0.25) is 5.88 Å². The van der Waals surface area contributed by atoms with Gasteiger partial charge in [-0.3, -0.25) is 0 Å². The molecule has 0 amide bonds. The maximum atomic E-state index is 12.8. The number of rotatable bonds is 6. The van der Waals surface area contributed by atoms with Crippen molar-refractivity contribution < 1.29 is 19.0 Å². The van der Waals surface area contributed by atoms with Crippen LogP contribution in [-0.2, 0) is 20.9 Å². The molecule has 1 atom stereocenters. The third kappa shape index (κ3) is 4.66. The van der Waals surface area contributed by atoms with Crippen molar-refractivity contribution in [3.8, 4) is 11.8 Å². The number of benzene rings is 2. The van der Waals surface area contributed by atoms with E-state index >= 15 is 0 Å². The molecule has 0 aliphatic carbocycles. The fraction of sp³-hybridized carbons (Fsp3) is 0.280. The van der Waals surface area contributed by atoms with E-state index in [2.05, 4.69) is 22.0 Å². The highest BCUT2D eigenvalue weighted by molar-refractivity contribution is 9.10. The Hall–Kier alpha value is -3.24.